The van der Waals surface area contributed by atoms with Crippen molar-refractivity contribution in [3.63, 3.8) is 0 Å². The van der Waals surface area contributed by atoms with E-state index in [1.807, 2.05) is 6.08 Å². The summed E-state index contributed by atoms with van der Waals surface area (Å²) in [6.07, 6.45) is 15.0. The first-order valence-electron chi connectivity index (χ1n) is 8.32. The average Bonchev–Trinajstić information content (AvgIpc) is 2.44. The van der Waals surface area contributed by atoms with Crippen LogP contribution < -0.4 is 0 Å². The molecule has 1 aliphatic rings. The minimum absolute atomic E-state index is 0.191. The van der Waals surface area contributed by atoms with Gasteiger partial charge in [-0.25, -0.2) is 0 Å². The Morgan fingerprint density at radius 3 is 2.45 bits per heavy atom. The van der Waals surface area contributed by atoms with Crippen LogP contribution in [-0.2, 0) is 4.79 Å². The van der Waals surface area contributed by atoms with Crippen molar-refractivity contribution in [2.45, 2.75) is 77.0 Å². The number of Topliss-reactive ketones (excluding diaryl/α,β-unsaturated/α-hetero) is 1. The number of carbonyl (C=O) groups excluding carboxylic acids is 1. The zero-order valence-electron chi connectivity index (χ0n) is 12.8. The number of nitriles is 1. The molecule has 0 radical (unpaired) electrons. The molecule has 20 heavy (non-hydrogen) atoms. The Hall–Kier alpha value is -1.10. The standard InChI is InChI=1S/C18H29NO/c1-2-3-9-12-16-13-10-7-5-4-6-8-11-14-18(20)17(16)15-19/h2,16-17H,1,3-14H2. The summed E-state index contributed by atoms with van der Waals surface area (Å²) in [7, 11) is 0. The van der Waals surface area contributed by atoms with E-state index in [9.17, 15) is 10.1 Å². The van der Waals surface area contributed by atoms with E-state index in [1.165, 1.54) is 32.1 Å². The van der Waals surface area contributed by atoms with Crippen LogP contribution in [0.2, 0.25) is 0 Å². The van der Waals surface area contributed by atoms with Gasteiger partial charge in [0, 0.05) is 6.42 Å². The normalized spacial score (nSPS) is 26.1. The van der Waals surface area contributed by atoms with Gasteiger partial charge >= 0.3 is 0 Å². The lowest BCUT2D eigenvalue weighted by Gasteiger charge is -2.21. The molecule has 0 aliphatic heterocycles. The summed E-state index contributed by atoms with van der Waals surface area (Å²) in [6, 6.07) is 2.31. The molecule has 0 spiro atoms. The molecule has 0 amide bonds. The van der Waals surface area contributed by atoms with Crippen LogP contribution >= 0.6 is 0 Å². The third-order valence-corrected chi connectivity index (χ3v) is 4.44. The molecule has 0 bridgehead atoms. The maximum Gasteiger partial charge on any atom is 0.150 e. The molecule has 2 unspecified atom stereocenters. The average molecular weight is 275 g/mol. The van der Waals surface area contributed by atoms with Crippen molar-refractivity contribution in [3.05, 3.63) is 12.7 Å². The second-order valence-corrected chi connectivity index (χ2v) is 6.07. The predicted molar refractivity (Wildman–Crippen MR) is 83.2 cm³/mol. The fourth-order valence-corrected chi connectivity index (χ4v) is 3.19. The lowest BCUT2D eigenvalue weighted by molar-refractivity contribution is -0.123. The Labute approximate surface area is 124 Å². The largest absolute Gasteiger partial charge is 0.298 e. The zero-order chi connectivity index (χ0) is 14.6. The summed E-state index contributed by atoms with van der Waals surface area (Å²) in [5.74, 6) is 0.0998. The van der Waals surface area contributed by atoms with Gasteiger partial charge in [0.25, 0.3) is 0 Å². The van der Waals surface area contributed by atoms with Crippen molar-refractivity contribution in [1.29, 1.82) is 5.26 Å². The molecule has 0 aromatic heterocycles. The third kappa shape index (κ3) is 6.37. The topological polar surface area (TPSA) is 40.9 Å². The molecule has 0 N–H and O–H groups in total. The van der Waals surface area contributed by atoms with Gasteiger partial charge in [0.2, 0.25) is 0 Å². The number of rotatable bonds is 4. The van der Waals surface area contributed by atoms with Crippen LogP contribution in [0.5, 0.6) is 0 Å². The van der Waals surface area contributed by atoms with Gasteiger partial charge in [0.05, 0.1) is 6.07 Å². The molecule has 1 rings (SSSR count). The van der Waals surface area contributed by atoms with Crippen LogP contribution in [0.4, 0.5) is 0 Å². The Balaban J connectivity index is 2.62. The summed E-state index contributed by atoms with van der Waals surface area (Å²) >= 11 is 0. The van der Waals surface area contributed by atoms with Crippen molar-refractivity contribution in [2.75, 3.05) is 0 Å². The summed E-state index contributed by atoms with van der Waals surface area (Å²) in [5.41, 5.74) is 0. The molecule has 112 valence electrons. The lowest BCUT2D eigenvalue weighted by atomic mass is 9.80. The second-order valence-electron chi connectivity index (χ2n) is 6.07. The van der Waals surface area contributed by atoms with Gasteiger partial charge in [0.15, 0.2) is 0 Å². The highest BCUT2D eigenvalue weighted by atomic mass is 16.1. The SMILES string of the molecule is C=CCCCC1CCCCCCCCCC(=O)C1C#N. The molecule has 1 saturated carbocycles. The maximum atomic E-state index is 12.3. The van der Waals surface area contributed by atoms with Gasteiger partial charge in [-0.15, -0.1) is 6.58 Å². The molecule has 0 saturated heterocycles. The van der Waals surface area contributed by atoms with Crippen LogP contribution in [0, 0.1) is 23.2 Å². The van der Waals surface area contributed by atoms with E-state index in [0.717, 1.165) is 38.5 Å². The second kappa shape index (κ2) is 10.7. The monoisotopic (exact) mass is 275 g/mol. The van der Waals surface area contributed by atoms with E-state index in [-0.39, 0.29) is 17.6 Å². The van der Waals surface area contributed by atoms with Crippen LogP contribution in [0.15, 0.2) is 12.7 Å². The maximum absolute atomic E-state index is 12.3. The van der Waals surface area contributed by atoms with Gasteiger partial charge in [-0.1, -0.05) is 44.6 Å². The summed E-state index contributed by atoms with van der Waals surface area (Å²) in [5, 5.41) is 9.40. The van der Waals surface area contributed by atoms with Gasteiger partial charge in [-0.3, -0.25) is 4.79 Å². The number of hydrogen-bond donors (Lipinski definition) is 0. The number of carbonyl (C=O) groups is 1. The molecular formula is C18H29NO. The Kier molecular flexibility index (Phi) is 9.04. The van der Waals surface area contributed by atoms with E-state index in [0.29, 0.717) is 6.42 Å². The highest BCUT2D eigenvalue weighted by Crippen LogP contribution is 2.28. The number of unbranched alkanes of at least 4 members (excludes halogenated alkanes) is 1. The lowest BCUT2D eigenvalue weighted by Crippen LogP contribution is -2.23. The van der Waals surface area contributed by atoms with Gasteiger partial charge in [-0.05, 0) is 38.0 Å². The van der Waals surface area contributed by atoms with Crippen LogP contribution in [0.3, 0.4) is 0 Å². The molecule has 2 atom stereocenters. The summed E-state index contributed by atoms with van der Waals surface area (Å²) in [4.78, 5) is 12.3. The van der Waals surface area contributed by atoms with Gasteiger partial charge in [-0.2, -0.15) is 5.26 Å². The minimum Gasteiger partial charge on any atom is -0.298 e. The van der Waals surface area contributed by atoms with Crippen molar-refractivity contribution in [2.24, 2.45) is 11.8 Å². The third-order valence-electron chi connectivity index (χ3n) is 4.44. The molecule has 0 aromatic carbocycles. The van der Waals surface area contributed by atoms with E-state index in [4.69, 9.17) is 0 Å². The van der Waals surface area contributed by atoms with E-state index >= 15 is 0 Å². The van der Waals surface area contributed by atoms with E-state index < -0.39 is 0 Å². The predicted octanol–water partition coefficient (Wildman–Crippen LogP) is 5.19. The Morgan fingerprint density at radius 1 is 1.15 bits per heavy atom. The highest BCUT2D eigenvalue weighted by molar-refractivity contribution is 5.83. The minimum atomic E-state index is -0.362. The first-order valence-corrected chi connectivity index (χ1v) is 8.32. The highest BCUT2D eigenvalue weighted by Gasteiger charge is 2.27. The number of ketones is 1. The van der Waals surface area contributed by atoms with Crippen LogP contribution in [-0.4, -0.2) is 5.78 Å². The first-order chi connectivity index (χ1) is 9.79. The fourth-order valence-electron chi connectivity index (χ4n) is 3.19. The van der Waals surface area contributed by atoms with Gasteiger partial charge in [0.1, 0.15) is 11.7 Å². The molecule has 0 aromatic rings. The smallest absolute Gasteiger partial charge is 0.150 e. The van der Waals surface area contributed by atoms with E-state index in [1.54, 1.807) is 0 Å². The summed E-state index contributed by atoms with van der Waals surface area (Å²) < 4.78 is 0. The molecule has 1 fully saturated rings. The number of allylic oxidation sites excluding steroid dienone is 1. The summed E-state index contributed by atoms with van der Waals surface area (Å²) in [6.45, 7) is 3.75. The van der Waals surface area contributed by atoms with Crippen molar-refractivity contribution < 1.29 is 4.79 Å². The van der Waals surface area contributed by atoms with Crippen molar-refractivity contribution >= 4 is 5.78 Å². The quantitative estimate of drug-likeness (QED) is 0.523. The zero-order valence-corrected chi connectivity index (χ0v) is 12.8. The molecule has 1 aliphatic carbocycles. The number of hydrogen-bond acceptors (Lipinski definition) is 2. The molecule has 0 heterocycles. The first kappa shape index (κ1) is 17.0. The number of nitrogens with zero attached hydrogens (tertiary/aromatic N) is 1. The van der Waals surface area contributed by atoms with Crippen LogP contribution in [0.1, 0.15) is 77.0 Å². The van der Waals surface area contributed by atoms with Crippen molar-refractivity contribution in [3.8, 4) is 6.07 Å². The molecular weight excluding hydrogens is 246 g/mol. The van der Waals surface area contributed by atoms with Crippen LogP contribution in [0.25, 0.3) is 0 Å². The van der Waals surface area contributed by atoms with E-state index in [2.05, 4.69) is 12.6 Å². The molecule has 2 nitrogen and oxygen atoms in total. The van der Waals surface area contributed by atoms with Crippen molar-refractivity contribution in [1.82, 2.24) is 0 Å². The fraction of sp³-hybridized carbons (Fsp3) is 0.778. The molecule has 2 heteroatoms. The van der Waals surface area contributed by atoms with Gasteiger partial charge < -0.3 is 0 Å². The Morgan fingerprint density at radius 2 is 1.80 bits per heavy atom. The Bertz CT molecular complexity index is 329.